The van der Waals surface area contributed by atoms with E-state index >= 15 is 0 Å². The molecule has 0 radical (unpaired) electrons. The molecule has 0 N–H and O–H groups in total. The SMILES string of the molecule is CC[C@H]1O[C@@H](OC2=NCC(C(C)C)=C2Cc2ccc(/C=C/CC=O)cc2C)[C@H](OC(C)=O)[C@@H](OC(C)=O)[C@@H]1C. The molecule has 1 fully saturated rings. The monoisotopic (exact) mass is 539 g/mol. The number of hydrogen-bond donors (Lipinski definition) is 0. The lowest BCUT2D eigenvalue weighted by molar-refractivity contribution is -0.270. The smallest absolute Gasteiger partial charge is 0.303 e. The summed E-state index contributed by atoms with van der Waals surface area (Å²) in [6.45, 7) is 13.4. The van der Waals surface area contributed by atoms with Crippen LogP contribution in [0.25, 0.3) is 6.08 Å². The van der Waals surface area contributed by atoms with E-state index in [0.717, 1.165) is 28.5 Å². The van der Waals surface area contributed by atoms with Crippen molar-refractivity contribution in [3.05, 3.63) is 52.1 Å². The van der Waals surface area contributed by atoms with Crippen LogP contribution in [0.4, 0.5) is 0 Å². The number of hydrogen-bond acceptors (Lipinski definition) is 8. The Labute approximate surface area is 231 Å². The second-order valence-electron chi connectivity index (χ2n) is 10.5. The third-order valence-corrected chi connectivity index (χ3v) is 7.25. The zero-order valence-electron chi connectivity index (χ0n) is 24.1. The molecule has 3 rings (SSSR count). The number of allylic oxidation sites excluding steroid dienone is 1. The summed E-state index contributed by atoms with van der Waals surface area (Å²) in [6.07, 6.45) is 3.44. The minimum absolute atomic E-state index is 0.198. The normalized spacial score (nSPS) is 25.1. The molecule has 1 aromatic carbocycles. The second-order valence-corrected chi connectivity index (χ2v) is 10.5. The number of ether oxygens (including phenoxy) is 4. The zero-order valence-corrected chi connectivity index (χ0v) is 24.1. The Morgan fingerprint density at radius 3 is 2.44 bits per heavy atom. The van der Waals surface area contributed by atoms with Gasteiger partial charge in [-0.05, 0) is 41.5 Å². The molecule has 2 heterocycles. The van der Waals surface area contributed by atoms with Gasteiger partial charge in [-0.2, -0.15) is 0 Å². The molecule has 0 unspecified atom stereocenters. The Morgan fingerprint density at radius 1 is 1.15 bits per heavy atom. The van der Waals surface area contributed by atoms with Gasteiger partial charge in [-0.25, -0.2) is 4.99 Å². The lowest BCUT2D eigenvalue weighted by Gasteiger charge is -2.43. The lowest BCUT2D eigenvalue weighted by atomic mass is 9.89. The molecule has 0 spiro atoms. The first-order valence-electron chi connectivity index (χ1n) is 13.7. The summed E-state index contributed by atoms with van der Waals surface area (Å²) in [4.78, 5) is 39.3. The zero-order chi connectivity index (χ0) is 28.7. The number of aldehydes is 1. The molecule has 2 aliphatic heterocycles. The molecule has 5 atom stereocenters. The van der Waals surface area contributed by atoms with Gasteiger partial charge < -0.3 is 23.7 Å². The van der Waals surface area contributed by atoms with Crippen LogP contribution < -0.4 is 0 Å². The van der Waals surface area contributed by atoms with Gasteiger partial charge in [-0.3, -0.25) is 9.59 Å². The largest absolute Gasteiger partial charge is 0.458 e. The van der Waals surface area contributed by atoms with Gasteiger partial charge in [-0.15, -0.1) is 0 Å². The molecule has 1 saturated heterocycles. The molecule has 1 aromatic rings. The van der Waals surface area contributed by atoms with E-state index in [0.29, 0.717) is 31.7 Å². The molecule has 0 amide bonds. The molecule has 0 bridgehead atoms. The van der Waals surface area contributed by atoms with Crippen LogP contribution >= 0.6 is 0 Å². The molecular formula is C31H41NO7. The number of aliphatic imine (C=N–C) groups is 1. The van der Waals surface area contributed by atoms with Crippen molar-refractivity contribution >= 4 is 30.2 Å². The van der Waals surface area contributed by atoms with Crippen molar-refractivity contribution in [2.24, 2.45) is 16.8 Å². The fourth-order valence-corrected chi connectivity index (χ4v) is 5.18. The molecule has 212 valence electrons. The van der Waals surface area contributed by atoms with Gasteiger partial charge in [-0.1, -0.05) is 58.0 Å². The van der Waals surface area contributed by atoms with E-state index < -0.39 is 30.4 Å². The van der Waals surface area contributed by atoms with E-state index in [1.165, 1.54) is 19.4 Å². The van der Waals surface area contributed by atoms with Gasteiger partial charge in [0.2, 0.25) is 18.3 Å². The van der Waals surface area contributed by atoms with Crippen LogP contribution in [0.3, 0.4) is 0 Å². The van der Waals surface area contributed by atoms with Crippen molar-refractivity contribution in [3.8, 4) is 0 Å². The summed E-state index contributed by atoms with van der Waals surface area (Å²) in [7, 11) is 0. The third kappa shape index (κ3) is 7.66. The van der Waals surface area contributed by atoms with Gasteiger partial charge in [0.15, 0.2) is 0 Å². The highest BCUT2D eigenvalue weighted by molar-refractivity contribution is 5.97. The maximum Gasteiger partial charge on any atom is 0.303 e. The predicted octanol–water partition coefficient (Wildman–Crippen LogP) is 5.16. The molecule has 0 saturated carbocycles. The van der Waals surface area contributed by atoms with Crippen molar-refractivity contribution in [2.45, 2.75) is 92.3 Å². The minimum Gasteiger partial charge on any atom is -0.458 e. The number of carbonyl (C=O) groups is 3. The fourth-order valence-electron chi connectivity index (χ4n) is 5.18. The number of esters is 2. The van der Waals surface area contributed by atoms with E-state index in [1.807, 2.05) is 32.1 Å². The molecular weight excluding hydrogens is 498 g/mol. The van der Waals surface area contributed by atoms with Crippen molar-refractivity contribution in [3.63, 3.8) is 0 Å². The van der Waals surface area contributed by atoms with E-state index in [2.05, 4.69) is 32.9 Å². The fraction of sp³-hybridized carbons (Fsp3) is 0.548. The van der Waals surface area contributed by atoms with Crippen LogP contribution in [0.2, 0.25) is 0 Å². The first-order valence-corrected chi connectivity index (χ1v) is 13.7. The highest BCUT2D eigenvalue weighted by atomic mass is 16.7. The predicted molar refractivity (Wildman–Crippen MR) is 149 cm³/mol. The van der Waals surface area contributed by atoms with Crippen LogP contribution in [0, 0.1) is 18.8 Å². The van der Waals surface area contributed by atoms with Crippen LogP contribution in [-0.4, -0.2) is 55.3 Å². The topological polar surface area (TPSA) is 100 Å². The number of rotatable bonds is 10. The quantitative estimate of drug-likeness (QED) is 0.299. The molecule has 0 aromatic heterocycles. The molecule has 8 heteroatoms. The van der Waals surface area contributed by atoms with Gasteiger partial charge in [0.1, 0.15) is 12.4 Å². The maximum absolute atomic E-state index is 12.0. The third-order valence-electron chi connectivity index (χ3n) is 7.25. The van der Waals surface area contributed by atoms with Crippen LogP contribution in [-0.2, 0) is 39.8 Å². The Bertz CT molecular complexity index is 1150. The van der Waals surface area contributed by atoms with E-state index in [4.69, 9.17) is 23.9 Å². The summed E-state index contributed by atoms with van der Waals surface area (Å²) in [6, 6.07) is 6.21. The van der Waals surface area contributed by atoms with Gasteiger partial charge >= 0.3 is 11.9 Å². The maximum atomic E-state index is 12.0. The summed E-state index contributed by atoms with van der Waals surface area (Å²) in [5.41, 5.74) is 5.44. The average molecular weight is 540 g/mol. The van der Waals surface area contributed by atoms with E-state index in [-0.39, 0.29) is 17.9 Å². The van der Waals surface area contributed by atoms with Crippen molar-refractivity contribution < 1.29 is 33.3 Å². The highest BCUT2D eigenvalue weighted by Crippen LogP contribution is 2.35. The van der Waals surface area contributed by atoms with E-state index in [9.17, 15) is 14.4 Å². The van der Waals surface area contributed by atoms with Gasteiger partial charge in [0.25, 0.3) is 0 Å². The summed E-state index contributed by atoms with van der Waals surface area (Å²) in [5.74, 6) is -0.455. The molecule has 2 aliphatic rings. The Hall–Kier alpha value is -3.26. The number of nitrogens with zero attached hydrogens (tertiary/aromatic N) is 1. The average Bonchev–Trinajstić information content (AvgIpc) is 3.26. The molecule has 39 heavy (non-hydrogen) atoms. The van der Waals surface area contributed by atoms with Crippen LogP contribution in [0.15, 0.2) is 40.4 Å². The summed E-state index contributed by atoms with van der Waals surface area (Å²) in [5, 5.41) is 0. The Morgan fingerprint density at radius 2 is 1.85 bits per heavy atom. The van der Waals surface area contributed by atoms with Crippen molar-refractivity contribution in [2.75, 3.05) is 6.54 Å². The number of benzene rings is 1. The van der Waals surface area contributed by atoms with Gasteiger partial charge in [0.05, 0.1) is 12.6 Å². The highest BCUT2D eigenvalue weighted by Gasteiger charge is 2.49. The minimum atomic E-state index is -0.980. The van der Waals surface area contributed by atoms with Crippen molar-refractivity contribution in [1.82, 2.24) is 0 Å². The van der Waals surface area contributed by atoms with Crippen molar-refractivity contribution in [1.29, 1.82) is 0 Å². The summed E-state index contributed by atoms with van der Waals surface area (Å²) < 4.78 is 24.0. The van der Waals surface area contributed by atoms with Crippen LogP contribution in [0.5, 0.6) is 0 Å². The first-order chi connectivity index (χ1) is 18.5. The molecule has 8 nitrogen and oxygen atoms in total. The standard InChI is InChI=1S/C31H41NO7/c1-8-27-20(5)28(36-21(6)34)29(37-22(7)35)31(38-27)39-30-25(26(17-32-30)18(2)3)16-24-13-12-23(15-19(24)4)11-9-10-14-33/h9,11-15,18,20,27-29,31H,8,10,16-17H2,1-7H3/b11-9+/t20-,27-,28+,29-,31+/m1/s1. The van der Waals surface area contributed by atoms with Gasteiger partial charge in [0, 0.05) is 38.2 Å². The number of aryl methyl sites for hydroxylation is 1. The first kappa shape index (κ1) is 30.3. The Kier molecular flexibility index (Phi) is 10.6. The van der Waals surface area contributed by atoms with E-state index in [1.54, 1.807) is 0 Å². The van der Waals surface area contributed by atoms with Crippen LogP contribution in [0.1, 0.15) is 71.1 Å². The lowest BCUT2D eigenvalue weighted by Crippen LogP contribution is -2.57. The molecule has 0 aliphatic carbocycles. The number of carbonyl (C=O) groups excluding carboxylic acids is 3. The summed E-state index contributed by atoms with van der Waals surface area (Å²) >= 11 is 0. The second kappa shape index (κ2) is 13.7. The Balaban J connectivity index is 1.91.